The molecule has 0 atom stereocenters. The van der Waals surface area contributed by atoms with Crippen LogP contribution in [0.3, 0.4) is 0 Å². The first-order valence-electron chi connectivity index (χ1n) is 9.96. The number of rotatable bonds is 2. The van der Waals surface area contributed by atoms with Crippen LogP contribution in [-0.4, -0.2) is 7.38 Å². The molecule has 0 aromatic heterocycles. The normalized spacial score (nSPS) is 14.7. The Kier molecular flexibility index (Phi) is 5.02. The van der Waals surface area contributed by atoms with E-state index in [9.17, 15) is 0 Å². The van der Waals surface area contributed by atoms with Crippen LogP contribution < -0.4 is 0 Å². The van der Waals surface area contributed by atoms with Crippen LogP contribution in [0, 0.1) is 20.8 Å². The highest BCUT2D eigenvalue weighted by Crippen LogP contribution is 2.47. The van der Waals surface area contributed by atoms with Gasteiger partial charge >= 0.3 is 0 Å². The lowest BCUT2D eigenvalue weighted by molar-refractivity contribution is 0.586. The van der Waals surface area contributed by atoms with Gasteiger partial charge in [-0.3, -0.25) is 0 Å². The summed E-state index contributed by atoms with van der Waals surface area (Å²) in [5.74, 6) is 0. The highest BCUT2D eigenvalue weighted by Gasteiger charge is 2.35. The van der Waals surface area contributed by atoms with Gasteiger partial charge in [0, 0.05) is 0 Å². The first-order valence-corrected chi connectivity index (χ1v) is 14.0. The lowest BCUT2D eigenvalue weighted by atomic mass is 9.78. The van der Waals surface area contributed by atoms with Gasteiger partial charge in [-0.25, -0.2) is 0 Å². The van der Waals surface area contributed by atoms with Gasteiger partial charge in [0.25, 0.3) is 0 Å². The number of hydrogen-bond acceptors (Lipinski definition) is 0. The van der Waals surface area contributed by atoms with Crippen molar-refractivity contribution >= 4 is 23.7 Å². The van der Waals surface area contributed by atoms with Gasteiger partial charge in [-0.2, -0.15) is 11.1 Å². The summed E-state index contributed by atoms with van der Waals surface area (Å²) < 4.78 is 0. The maximum Gasteiger partial charge on any atom is 0.181 e. The van der Waals surface area contributed by atoms with Crippen molar-refractivity contribution in [2.24, 2.45) is 0 Å². The molecule has 0 spiro atoms. The molecule has 27 heavy (non-hydrogen) atoms. The van der Waals surface area contributed by atoms with E-state index in [1.807, 2.05) is 0 Å². The number of fused-ring (bicyclic) bond motifs is 1. The van der Waals surface area contributed by atoms with Crippen molar-refractivity contribution in [1.29, 1.82) is 0 Å². The maximum atomic E-state index is 7.00. The van der Waals surface area contributed by atoms with Crippen molar-refractivity contribution < 1.29 is 0 Å². The third kappa shape index (κ3) is 3.69. The van der Waals surface area contributed by atoms with E-state index in [0.717, 1.165) is 6.42 Å². The number of allylic oxidation sites excluding steroid dienone is 1. The average molecular weight is 397 g/mol. The van der Waals surface area contributed by atoms with Gasteiger partial charge in [0.15, 0.2) is 7.38 Å². The summed E-state index contributed by atoms with van der Waals surface area (Å²) in [6.07, 6.45) is 1.03. The molecule has 0 nitrogen and oxygen atoms in total. The molecule has 0 bridgehead atoms. The Morgan fingerprint density at radius 1 is 0.889 bits per heavy atom. The fourth-order valence-corrected chi connectivity index (χ4v) is 7.70. The van der Waals surface area contributed by atoms with Gasteiger partial charge in [-0.15, -0.1) is 0 Å². The van der Waals surface area contributed by atoms with Gasteiger partial charge in [0.2, 0.25) is 0 Å². The molecule has 1 aliphatic rings. The highest BCUT2D eigenvalue weighted by atomic mass is 35.6. The second-order valence-electron chi connectivity index (χ2n) is 9.88. The number of hydrogen-bond donors (Lipinski definition) is 0. The molecule has 0 N–H and O–H groups in total. The second-order valence-corrected chi connectivity index (χ2v) is 16.2. The molecule has 3 rings (SSSR count). The Labute approximate surface area is 171 Å². The van der Waals surface area contributed by atoms with Crippen molar-refractivity contribution in [1.82, 2.24) is 0 Å². The summed E-state index contributed by atoms with van der Waals surface area (Å²) in [4.78, 5) is 0. The standard InChI is InChI=1S/C25H33ClSi/c1-15-10-16(2)12-19(11-15)23-18(4)22(25(5,6)7)14-21-20(23)13-17(3)24(21)27(8,9)26/h10-12,14H,13H2,1-9H3. The van der Waals surface area contributed by atoms with Crippen LogP contribution in [0.4, 0.5) is 0 Å². The van der Waals surface area contributed by atoms with Gasteiger partial charge in [0.05, 0.1) is 0 Å². The van der Waals surface area contributed by atoms with Crippen molar-refractivity contribution in [2.75, 3.05) is 0 Å². The Morgan fingerprint density at radius 3 is 1.93 bits per heavy atom. The largest absolute Gasteiger partial charge is 0.181 e. The van der Waals surface area contributed by atoms with Crippen LogP contribution in [0.5, 0.6) is 0 Å². The zero-order valence-electron chi connectivity index (χ0n) is 18.4. The first kappa shape index (κ1) is 20.4. The van der Waals surface area contributed by atoms with Crippen LogP contribution in [0.2, 0.25) is 13.1 Å². The summed E-state index contributed by atoms with van der Waals surface area (Å²) in [7, 11) is -1.93. The lowest BCUT2D eigenvalue weighted by Gasteiger charge is -2.28. The van der Waals surface area contributed by atoms with E-state index >= 15 is 0 Å². The number of aryl methyl sites for hydroxylation is 2. The van der Waals surface area contributed by atoms with Crippen molar-refractivity contribution in [3.8, 4) is 11.1 Å². The smallest absolute Gasteiger partial charge is 0.161 e. The molecule has 2 heteroatoms. The van der Waals surface area contributed by atoms with E-state index in [2.05, 4.69) is 85.8 Å². The summed E-state index contributed by atoms with van der Waals surface area (Å²) in [5, 5.41) is 1.45. The Balaban J connectivity index is 2.42. The monoisotopic (exact) mass is 396 g/mol. The Morgan fingerprint density at radius 2 is 1.44 bits per heavy atom. The van der Waals surface area contributed by atoms with Crippen molar-refractivity contribution in [3.63, 3.8) is 0 Å². The van der Waals surface area contributed by atoms with Crippen LogP contribution in [0.1, 0.15) is 61.1 Å². The van der Waals surface area contributed by atoms with Crippen LogP contribution >= 0.6 is 11.1 Å². The SMILES string of the molecule is CC1=C([Si](C)(C)Cl)c2cc(C(C)(C)C)c(C)c(-c3cc(C)cc(C)c3)c2C1. The molecule has 0 heterocycles. The first-order chi connectivity index (χ1) is 12.3. The fourth-order valence-electron chi connectivity index (χ4n) is 4.94. The summed E-state index contributed by atoms with van der Waals surface area (Å²) in [5.41, 5.74) is 12.8. The molecule has 0 saturated carbocycles. The zero-order valence-corrected chi connectivity index (χ0v) is 20.2. The minimum absolute atomic E-state index is 0.104. The van der Waals surface area contributed by atoms with Crippen LogP contribution in [-0.2, 0) is 11.8 Å². The summed E-state index contributed by atoms with van der Waals surface area (Å²) >= 11 is 7.00. The second kappa shape index (κ2) is 6.64. The molecule has 0 radical (unpaired) electrons. The molecular formula is C25H33ClSi. The van der Waals surface area contributed by atoms with Gasteiger partial charge in [0.1, 0.15) is 0 Å². The van der Waals surface area contributed by atoms with Crippen LogP contribution in [0.15, 0.2) is 29.8 Å². The van der Waals surface area contributed by atoms with E-state index in [1.165, 1.54) is 55.3 Å². The summed E-state index contributed by atoms with van der Waals surface area (Å²) in [6.45, 7) is 20.5. The summed E-state index contributed by atoms with van der Waals surface area (Å²) in [6, 6.07) is 9.41. The Hall–Kier alpha value is -1.31. The molecule has 2 aromatic carbocycles. The van der Waals surface area contributed by atoms with Gasteiger partial charge < -0.3 is 0 Å². The molecule has 0 aliphatic heterocycles. The molecular weight excluding hydrogens is 364 g/mol. The third-order valence-electron chi connectivity index (χ3n) is 5.75. The Bertz CT molecular complexity index is 930. The highest BCUT2D eigenvalue weighted by molar-refractivity contribution is 7.29. The minimum atomic E-state index is -1.93. The lowest BCUT2D eigenvalue weighted by Crippen LogP contribution is -2.21. The van der Waals surface area contributed by atoms with Gasteiger partial charge in [-0.1, -0.05) is 74.8 Å². The minimum Gasteiger partial charge on any atom is -0.161 e. The number of benzene rings is 2. The topological polar surface area (TPSA) is 0 Å². The average Bonchev–Trinajstić information content (AvgIpc) is 2.79. The van der Waals surface area contributed by atoms with Crippen molar-refractivity contribution in [3.05, 3.63) is 63.2 Å². The van der Waals surface area contributed by atoms with E-state index in [-0.39, 0.29) is 5.41 Å². The third-order valence-corrected chi connectivity index (χ3v) is 8.20. The maximum absolute atomic E-state index is 7.00. The van der Waals surface area contributed by atoms with Crippen molar-refractivity contribution in [2.45, 2.75) is 73.4 Å². The molecule has 2 aromatic rings. The van der Waals surface area contributed by atoms with E-state index in [4.69, 9.17) is 11.1 Å². The molecule has 0 fully saturated rings. The zero-order chi connectivity index (χ0) is 20.3. The quantitative estimate of drug-likeness (QED) is 0.357. The molecule has 0 unspecified atom stereocenters. The molecule has 144 valence electrons. The van der Waals surface area contributed by atoms with Gasteiger partial charge in [-0.05, 0) is 78.1 Å². The molecule has 0 saturated heterocycles. The molecule has 1 aliphatic carbocycles. The van der Waals surface area contributed by atoms with E-state index in [0.29, 0.717) is 0 Å². The van der Waals surface area contributed by atoms with Crippen LogP contribution in [0.25, 0.3) is 16.3 Å². The predicted molar refractivity (Wildman–Crippen MR) is 124 cm³/mol. The number of halogens is 1. The fraction of sp³-hybridized carbons (Fsp3) is 0.440. The molecule has 0 amide bonds. The van der Waals surface area contributed by atoms with E-state index in [1.54, 1.807) is 0 Å². The van der Waals surface area contributed by atoms with E-state index < -0.39 is 7.38 Å². The predicted octanol–water partition coefficient (Wildman–Crippen LogP) is 7.89.